The molecular weight excluding hydrogens is 328 g/mol. The maximum absolute atomic E-state index is 13.0. The van der Waals surface area contributed by atoms with Crippen LogP contribution in [0.2, 0.25) is 0 Å². The van der Waals surface area contributed by atoms with Crippen LogP contribution in [0, 0.1) is 5.92 Å². The molecular formula is C20H30N4O2. The van der Waals surface area contributed by atoms with Crippen LogP contribution in [-0.2, 0) is 9.59 Å². The summed E-state index contributed by atoms with van der Waals surface area (Å²) in [5.41, 5.74) is 2.22. The lowest BCUT2D eigenvalue weighted by Crippen LogP contribution is -2.48. The number of hydrogen-bond acceptors (Lipinski definition) is 3. The topological polar surface area (TPSA) is 69.3 Å². The molecule has 0 bridgehead atoms. The molecule has 0 saturated carbocycles. The third-order valence-corrected chi connectivity index (χ3v) is 5.64. The number of carbonyl (C=O) groups is 2. The number of carbonyl (C=O) groups excluding carboxylic acids is 2. The van der Waals surface area contributed by atoms with Crippen molar-refractivity contribution in [3.63, 3.8) is 0 Å². The first-order valence-electron chi connectivity index (χ1n) is 9.75. The first-order valence-corrected chi connectivity index (χ1v) is 9.75. The van der Waals surface area contributed by atoms with Gasteiger partial charge in [0.25, 0.3) is 0 Å². The summed E-state index contributed by atoms with van der Waals surface area (Å²) in [4.78, 5) is 28.7. The van der Waals surface area contributed by atoms with E-state index in [-0.39, 0.29) is 17.7 Å². The third kappa shape index (κ3) is 4.00. The number of aromatic amines is 1. The van der Waals surface area contributed by atoms with Crippen LogP contribution < -0.4 is 0 Å². The second-order valence-corrected chi connectivity index (χ2v) is 7.85. The Morgan fingerprint density at radius 3 is 2.65 bits per heavy atom. The fourth-order valence-corrected chi connectivity index (χ4v) is 4.06. The molecule has 1 aromatic heterocycles. The molecule has 26 heavy (non-hydrogen) atoms. The molecule has 2 aliphatic heterocycles. The Kier molecular flexibility index (Phi) is 5.79. The van der Waals surface area contributed by atoms with Crippen LogP contribution in [0.1, 0.15) is 62.8 Å². The summed E-state index contributed by atoms with van der Waals surface area (Å²) in [5.74, 6) is 0.760. The maximum Gasteiger partial charge on any atom is 0.245 e. The van der Waals surface area contributed by atoms with Crippen molar-refractivity contribution in [2.45, 2.75) is 51.4 Å². The first-order chi connectivity index (χ1) is 12.5. The van der Waals surface area contributed by atoms with Crippen LogP contribution in [-0.4, -0.2) is 58.0 Å². The molecule has 1 aromatic rings. The lowest BCUT2D eigenvalue weighted by molar-refractivity contribution is -0.140. The summed E-state index contributed by atoms with van der Waals surface area (Å²) in [6.07, 6.45) is 5.17. The molecule has 2 amide bonds. The van der Waals surface area contributed by atoms with E-state index in [1.165, 1.54) is 6.08 Å². The van der Waals surface area contributed by atoms with Crippen LogP contribution in [0.5, 0.6) is 0 Å². The van der Waals surface area contributed by atoms with E-state index in [0.29, 0.717) is 18.4 Å². The minimum Gasteiger partial charge on any atom is -0.342 e. The number of piperidine rings is 2. The zero-order chi connectivity index (χ0) is 18.7. The highest BCUT2D eigenvalue weighted by molar-refractivity contribution is 5.88. The van der Waals surface area contributed by atoms with Gasteiger partial charge in [0.1, 0.15) is 0 Å². The van der Waals surface area contributed by atoms with E-state index in [1.54, 1.807) is 4.90 Å². The normalized spacial score (nSPS) is 24.0. The standard InChI is InChI=1S/C20H30N4O2/c1-4-19(25)23-9-6-8-16(13-23)20(26)24-10-5-7-15(12-24)18-11-17(14(2)3)21-22-18/h4,11,14-16H,1,5-10,12-13H2,2-3H3,(H,21,22). The van der Waals surface area contributed by atoms with Crippen molar-refractivity contribution in [3.05, 3.63) is 30.1 Å². The summed E-state index contributed by atoms with van der Waals surface area (Å²) in [6, 6.07) is 2.15. The molecule has 0 spiro atoms. The van der Waals surface area contributed by atoms with E-state index in [1.807, 2.05) is 4.90 Å². The lowest BCUT2D eigenvalue weighted by atomic mass is 9.91. The number of H-pyrrole nitrogens is 1. The predicted octanol–water partition coefficient (Wildman–Crippen LogP) is 2.66. The van der Waals surface area contributed by atoms with Crippen molar-refractivity contribution in [2.75, 3.05) is 26.2 Å². The second kappa shape index (κ2) is 8.06. The molecule has 2 fully saturated rings. The van der Waals surface area contributed by atoms with Gasteiger partial charge in [-0.15, -0.1) is 0 Å². The van der Waals surface area contributed by atoms with E-state index in [2.05, 4.69) is 36.7 Å². The highest BCUT2D eigenvalue weighted by atomic mass is 16.2. The molecule has 2 saturated heterocycles. The van der Waals surface area contributed by atoms with Gasteiger partial charge < -0.3 is 9.80 Å². The monoisotopic (exact) mass is 358 g/mol. The Morgan fingerprint density at radius 2 is 1.96 bits per heavy atom. The Morgan fingerprint density at radius 1 is 1.23 bits per heavy atom. The average molecular weight is 358 g/mol. The van der Waals surface area contributed by atoms with Gasteiger partial charge in [0.2, 0.25) is 11.8 Å². The van der Waals surface area contributed by atoms with Gasteiger partial charge in [-0.3, -0.25) is 14.7 Å². The van der Waals surface area contributed by atoms with Crippen LogP contribution >= 0.6 is 0 Å². The molecule has 6 heteroatoms. The average Bonchev–Trinajstić information content (AvgIpc) is 3.17. The number of nitrogens with one attached hydrogen (secondary N) is 1. The SMILES string of the molecule is C=CC(=O)N1CCCC(C(=O)N2CCCC(c3cc(C(C)C)n[nH]3)C2)C1. The molecule has 6 nitrogen and oxygen atoms in total. The van der Waals surface area contributed by atoms with Crippen molar-refractivity contribution < 1.29 is 9.59 Å². The molecule has 2 unspecified atom stereocenters. The molecule has 3 rings (SSSR count). The predicted molar refractivity (Wildman–Crippen MR) is 101 cm³/mol. The van der Waals surface area contributed by atoms with Crippen molar-refractivity contribution in [3.8, 4) is 0 Å². The van der Waals surface area contributed by atoms with E-state index >= 15 is 0 Å². The van der Waals surface area contributed by atoms with E-state index < -0.39 is 0 Å². The van der Waals surface area contributed by atoms with E-state index in [9.17, 15) is 9.59 Å². The Labute approximate surface area is 155 Å². The number of hydrogen-bond donors (Lipinski definition) is 1. The molecule has 2 atom stereocenters. The van der Waals surface area contributed by atoms with Crippen molar-refractivity contribution in [2.24, 2.45) is 5.92 Å². The number of amides is 2. The van der Waals surface area contributed by atoms with Gasteiger partial charge in [-0.1, -0.05) is 20.4 Å². The zero-order valence-electron chi connectivity index (χ0n) is 15.9. The van der Waals surface area contributed by atoms with Gasteiger partial charge >= 0.3 is 0 Å². The summed E-state index contributed by atoms with van der Waals surface area (Å²) in [6.45, 7) is 10.6. The van der Waals surface area contributed by atoms with Crippen molar-refractivity contribution >= 4 is 11.8 Å². The number of aromatic nitrogens is 2. The summed E-state index contributed by atoms with van der Waals surface area (Å²) in [7, 11) is 0. The van der Waals surface area contributed by atoms with E-state index in [4.69, 9.17) is 0 Å². The van der Waals surface area contributed by atoms with Gasteiger partial charge in [-0.25, -0.2) is 0 Å². The highest BCUT2D eigenvalue weighted by Crippen LogP contribution is 2.29. The fourth-order valence-electron chi connectivity index (χ4n) is 4.06. The molecule has 142 valence electrons. The van der Waals surface area contributed by atoms with E-state index in [0.717, 1.165) is 56.7 Å². The van der Waals surface area contributed by atoms with Crippen LogP contribution in [0.3, 0.4) is 0 Å². The van der Waals surface area contributed by atoms with Crippen molar-refractivity contribution in [1.82, 2.24) is 20.0 Å². The van der Waals surface area contributed by atoms with Gasteiger partial charge in [0.05, 0.1) is 11.6 Å². The number of nitrogens with zero attached hydrogens (tertiary/aromatic N) is 3. The summed E-state index contributed by atoms with van der Waals surface area (Å²) in [5, 5.41) is 7.58. The third-order valence-electron chi connectivity index (χ3n) is 5.64. The Hall–Kier alpha value is -2.11. The highest BCUT2D eigenvalue weighted by Gasteiger charge is 2.33. The molecule has 2 aliphatic rings. The molecule has 0 aliphatic carbocycles. The Bertz CT molecular complexity index is 667. The maximum atomic E-state index is 13.0. The summed E-state index contributed by atoms with van der Waals surface area (Å²) < 4.78 is 0. The largest absolute Gasteiger partial charge is 0.342 e. The molecule has 1 N–H and O–H groups in total. The smallest absolute Gasteiger partial charge is 0.245 e. The lowest BCUT2D eigenvalue weighted by Gasteiger charge is -2.38. The van der Waals surface area contributed by atoms with Crippen molar-refractivity contribution in [1.29, 1.82) is 0 Å². The van der Waals surface area contributed by atoms with Crippen LogP contribution in [0.4, 0.5) is 0 Å². The zero-order valence-corrected chi connectivity index (χ0v) is 15.9. The van der Waals surface area contributed by atoms with Crippen LogP contribution in [0.25, 0.3) is 0 Å². The van der Waals surface area contributed by atoms with Gasteiger partial charge in [0, 0.05) is 37.8 Å². The quantitative estimate of drug-likeness (QED) is 0.841. The first kappa shape index (κ1) is 18.7. The Balaban J connectivity index is 1.63. The molecule has 0 radical (unpaired) electrons. The fraction of sp³-hybridized carbons (Fsp3) is 0.650. The van der Waals surface area contributed by atoms with Gasteiger partial charge in [0.15, 0.2) is 0 Å². The van der Waals surface area contributed by atoms with Crippen LogP contribution in [0.15, 0.2) is 18.7 Å². The molecule has 0 aromatic carbocycles. The minimum atomic E-state index is -0.0839. The number of rotatable bonds is 4. The second-order valence-electron chi connectivity index (χ2n) is 7.85. The molecule has 3 heterocycles. The van der Waals surface area contributed by atoms with Gasteiger partial charge in [-0.05, 0) is 43.7 Å². The minimum absolute atomic E-state index is 0.0716. The van der Waals surface area contributed by atoms with Gasteiger partial charge in [-0.2, -0.15) is 5.10 Å². The number of likely N-dealkylation sites (tertiary alicyclic amines) is 2. The summed E-state index contributed by atoms with van der Waals surface area (Å²) >= 11 is 0.